The fraction of sp³-hybridized carbons (Fsp3) is 0.235. The van der Waals surface area contributed by atoms with Gasteiger partial charge in [-0.15, -0.1) is 0 Å². The minimum Gasteiger partial charge on any atom is -0.497 e. The number of rotatable bonds is 7. The summed E-state index contributed by atoms with van der Waals surface area (Å²) in [6, 6.07) is 13.2. The fourth-order valence-electron chi connectivity index (χ4n) is 2.03. The van der Waals surface area contributed by atoms with Gasteiger partial charge in [0, 0.05) is 12.6 Å². The SMILES string of the molecule is COc1ccc(CNC(=O)[C@H](C)Oc2ccccc2[N+](=O)[O-])cc1. The largest absolute Gasteiger partial charge is 0.497 e. The lowest BCUT2D eigenvalue weighted by atomic mass is 10.2. The van der Waals surface area contributed by atoms with Gasteiger partial charge in [0.05, 0.1) is 12.0 Å². The Kier molecular flexibility index (Phi) is 5.73. The Morgan fingerprint density at radius 3 is 2.50 bits per heavy atom. The highest BCUT2D eigenvalue weighted by molar-refractivity contribution is 5.80. The molecular formula is C17H18N2O5. The maximum absolute atomic E-state index is 12.1. The molecule has 0 saturated carbocycles. The van der Waals surface area contributed by atoms with Crippen molar-refractivity contribution in [1.29, 1.82) is 0 Å². The molecule has 0 aromatic heterocycles. The monoisotopic (exact) mass is 330 g/mol. The number of para-hydroxylation sites is 2. The van der Waals surface area contributed by atoms with Crippen molar-refractivity contribution < 1.29 is 19.2 Å². The van der Waals surface area contributed by atoms with Crippen molar-refractivity contribution in [3.05, 3.63) is 64.2 Å². The molecule has 2 aromatic rings. The number of carbonyl (C=O) groups is 1. The smallest absolute Gasteiger partial charge is 0.310 e. The van der Waals surface area contributed by atoms with E-state index in [0.29, 0.717) is 6.54 Å². The van der Waals surface area contributed by atoms with Crippen molar-refractivity contribution in [2.75, 3.05) is 7.11 Å². The quantitative estimate of drug-likeness (QED) is 0.622. The summed E-state index contributed by atoms with van der Waals surface area (Å²) in [5.74, 6) is 0.441. The number of nitro benzene ring substituents is 1. The lowest BCUT2D eigenvalue weighted by molar-refractivity contribution is -0.386. The molecule has 1 atom stereocenters. The molecule has 0 saturated heterocycles. The molecule has 7 nitrogen and oxygen atoms in total. The maximum atomic E-state index is 12.1. The van der Waals surface area contributed by atoms with E-state index in [2.05, 4.69) is 5.32 Å². The van der Waals surface area contributed by atoms with Crippen LogP contribution in [0.1, 0.15) is 12.5 Å². The molecule has 126 valence electrons. The van der Waals surface area contributed by atoms with Crippen molar-refractivity contribution in [2.24, 2.45) is 0 Å². The van der Waals surface area contributed by atoms with E-state index >= 15 is 0 Å². The molecule has 0 bridgehead atoms. The minimum absolute atomic E-state index is 0.0644. The van der Waals surface area contributed by atoms with Crippen LogP contribution in [0.5, 0.6) is 11.5 Å². The Balaban J connectivity index is 1.93. The summed E-state index contributed by atoms with van der Waals surface area (Å²) >= 11 is 0. The van der Waals surface area contributed by atoms with Crippen LogP contribution >= 0.6 is 0 Å². The van der Waals surface area contributed by atoms with Crippen molar-refractivity contribution >= 4 is 11.6 Å². The predicted octanol–water partition coefficient (Wildman–Crippen LogP) is 2.69. The minimum atomic E-state index is -0.857. The molecule has 0 aliphatic carbocycles. The third-order valence-electron chi connectivity index (χ3n) is 3.36. The highest BCUT2D eigenvalue weighted by Gasteiger charge is 2.20. The summed E-state index contributed by atoms with van der Waals surface area (Å²) in [5, 5.41) is 13.7. The van der Waals surface area contributed by atoms with Crippen molar-refractivity contribution in [3.63, 3.8) is 0 Å². The second kappa shape index (κ2) is 7.96. The number of benzene rings is 2. The molecule has 0 aliphatic heterocycles. The van der Waals surface area contributed by atoms with Gasteiger partial charge in [-0.1, -0.05) is 24.3 Å². The molecular weight excluding hydrogens is 312 g/mol. The van der Waals surface area contributed by atoms with Gasteiger partial charge in [0.1, 0.15) is 5.75 Å². The number of methoxy groups -OCH3 is 1. The molecule has 0 aliphatic rings. The normalized spacial score (nSPS) is 11.4. The van der Waals surface area contributed by atoms with E-state index in [9.17, 15) is 14.9 Å². The summed E-state index contributed by atoms with van der Waals surface area (Å²) in [4.78, 5) is 22.5. The highest BCUT2D eigenvalue weighted by atomic mass is 16.6. The van der Waals surface area contributed by atoms with Crippen LogP contribution in [0.25, 0.3) is 0 Å². The number of hydrogen-bond acceptors (Lipinski definition) is 5. The van der Waals surface area contributed by atoms with Crippen LogP contribution in [-0.2, 0) is 11.3 Å². The van der Waals surface area contributed by atoms with Crippen molar-refractivity contribution in [1.82, 2.24) is 5.32 Å². The first kappa shape index (κ1) is 17.3. The molecule has 0 heterocycles. The van der Waals surface area contributed by atoms with E-state index in [0.717, 1.165) is 11.3 Å². The van der Waals surface area contributed by atoms with Gasteiger partial charge in [0.15, 0.2) is 11.9 Å². The fourth-order valence-corrected chi connectivity index (χ4v) is 2.03. The molecule has 24 heavy (non-hydrogen) atoms. The molecule has 0 unspecified atom stereocenters. The van der Waals surface area contributed by atoms with Gasteiger partial charge in [0.25, 0.3) is 5.91 Å². The van der Waals surface area contributed by atoms with Crippen LogP contribution in [0.2, 0.25) is 0 Å². The van der Waals surface area contributed by atoms with Gasteiger partial charge in [-0.05, 0) is 30.7 Å². The van der Waals surface area contributed by atoms with Crippen molar-refractivity contribution in [3.8, 4) is 11.5 Å². The number of nitro groups is 1. The topological polar surface area (TPSA) is 90.7 Å². The van der Waals surface area contributed by atoms with Gasteiger partial charge in [-0.25, -0.2) is 0 Å². The number of hydrogen-bond donors (Lipinski definition) is 1. The molecule has 1 N–H and O–H groups in total. The zero-order valence-corrected chi connectivity index (χ0v) is 13.4. The Hall–Kier alpha value is -3.09. The van der Waals surface area contributed by atoms with E-state index in [1.165, 1.54) is 12.1 Å². The number of nitrogens with one attached hydrogen (secondary N) is 1. The summed E-state index contributed by atoms with van der Waals surface area (Å²) in [5.41, 5.74) is 0.731. The summed E-state index contributed by atoms with van der Waals surface area (Å²) in [7, 11) is 1.58. The van der Waals surface area contributed by atoms with E-state index in [4.69, 9.17) is 9.47 Å². The second-order valence-electron chi connectivity index (χ2n) is 5.05. The van der Waals surface area contributed by atoms with Crippen LogP contribution in [0.15, 0.2) is 48.5 Å². The molecule has 0 radical (unpaired) electrons. The average molecular weight is 330 g/mol. The van der Waals surface area contributed by atoms with E-state index in [-0.39, 0.29) is 17.3 Å². The number of carbonyl (C=O) groups excluding carboxylic acids is 1. The van der Waals surface area contributed by atoms with Crippen LogP contribution in [0, 0.1) is 10.1 Å². The first-order valence-electron chi connectivity index (χ1n) is 7.32. The zero-order valence-electron chi connectivity index (χ0n) is 13.4. The zero-order chi connectivity index (χ0) is 17.5. The number of ether oxygens (including phenoxy) is 2. The van der Waals surface area contributed by atoms with Crippen LogP contribution < -0.4 is 14.8 Å². The van der Waals surface area contributed by atoms with Crippen LogP contribution in [-0.4, -0.2) is 24.0 Å². The summed E-state index contributed by atoms with van der Waals surface area (Å²) in [6.45, 7) is 1.87. The Labute approximate surface area is 139 Å². The van der Waals surface area contributed by atoms with Crippen molar-refractivity contribution in [2.45, 2.75) is 19.6 Å². The average Bonchev–Trinajstić information content (AvgIpc) is 2.60. The highest BCUT2D eigenvalue weighted by Crippen LogP contribution is 2.26. The molecule has 2 rings (SSSR count). The summed E-state index contributed by atoms with van der Waals surface area (Å²) < 4.78 is 10.5. The first-order valence-corrected chi connectivity index (χ1v) is 7.32. The standard InChI is InChI=1S/C17H18N2O5/c1-12(24-16-6-4-3-5-15(16)19(21)22)17(20)18-11-13-7-9-14(23-2)10-8-13/h3-10,12H,11H2,1-2H3,(H,18,20)/t12-/m0/s1. The van der Waals surface area contributed by atoms with E-state index in [1.54, 1.807) is 38.3 Å². The second-order valence-corrected chi connectivity index (χ2v) is 5.05. The molecule has 0 spiro atoms. The lowest BCUT2D eigenvalue weighted by Gasteiger charge is -2.14. The Morgan fingerprint density at radius 1 is 1.21 bits per heavy atom. The Morgan fingerprint density at radius 2 is 1.88 bits per heavy atom. The van der Waals surface area contributed by atoms with Crippen LogP contribution in [0.4, 0.5) is 5.69 Å². The molecule has 2 aromatic carbocycles. The van der Waals surface area contributed by atoms with E-state index in [1.807, 2.05) is 12.1 Å². The molecule has 1 amide bonds. The van der Waals surface area contributed by atoms with Gasteiger partial charge in [-0.3, -0.25) is 14.9 Å². The maximum Gasteiger partial charge on any atom is 0.310 e. The predicted molar refractivity (Wildman–Crippen MR) is 88.0 cm³/mol. The van der Waals surface area contributed by atoms with Gasteiger partial charge < -0.3 is 14.8 Å². The first-order chi connectivity index (χ1) is 11.5. The Bertz CT molecular complexity index is 715. The van der Waals surface area contributed by atoms with Gasteiger partial charge >= 0.3 is 5.69 Å². The lowest BCUT2D eigenvalue weighted by Crippen LogP contribution is -2.36. The van der Waals surface area contributed by atoms with Crippen LogP contribution in [0.3, 0.4) is 0 Å². The van der Waals surface area contributed by atoms with Gasteiger partial charge in [-0.2, -0.15) is 0 Å². The molecule has 0 fully saturated rings. The third-order valence-corrected chi connectivity index (χ3v) is 3.36. The number of nitrogens with zero attached hydrogens (tertiary/aromatic N) is 1. The molecule has 7 heteroatoms. The number of amides is 1. The summed E-state index contributed by atoms with van der Waals surface area (Å²) in [6.07, 6.45) is -0.857. The third kappa shape index (κ3) is 4.45. The van der Waals surface area contributed by atoms with Gasteiger partial charge in [0.2, 0.25) is 0 Å². The van der Waals surface area contributed by atoms with E-state index < -0.39 is 11.0 Å².